The number of anilines is 1. The van der Waals surface area contributed by atoms with Crippen molar-refractivity contribution in [2.24, 2.45) is 0 Å². The maximum Gasteiger partial charge on any atom is 0.120 e. The summed E-state index contributed by atoms with van der Waals surface area (Å²) in [4.78, 5) is 2.85. The molecule has 58 valence electrons. The van der Waals surface area contributed by atoms with Gasteiger partial charge in [0.25, 0.3) is 0 Å². The van der Waals surface area contributed by atoms with Crippen LogP contribution in [0.4, 0.5) is 5.82 Å². The molecule has 0 amide bonds. The van der Waals surface area contributed by atoms with Gasteiger partial charge in [0.1, 0.15) is 11.9 Å². The maximum atomic E-state index is 8.67. The van der Waals surface area contributed by atoms with Crippen LogP contribution in [-0.4, -0.2) is 4.98 Å². The van der Waals surface area contributed by atoms with Crippen molar-refractivity contribution in [1.29, 1.82) is 5.26 Å². The highest BCUT2D eigenvalue weighted by molar-refractivity contribution is 9.10. The lowest BCUT2D eigenvalue weighted by Crippen LogP contribution is -1.88. The molecule has 0 atom stereocenters. The largest absolute Gasteiger partial charge is 0.384 e. The number of rotatable bonds is 1. The van der Waals surface area contributed by atoms with Gasteiger partial charge in [0.05, 0.1) is 10.2 Å². The standard InChI is InChI=1S/C7H8BrN3/c1-2-4-5(3-9)7(10)11-6(4)8/h11H,2,10H2,1H3. The van der Waals surface area contributed by atoms with Gasteiger partial charge in [-0.1, -0.05) is 6.92 Å². The molecule has 0 aromatic carbocycles. The molecule has 0 saturated heterocycles. The van der Waals surface area contributed by atoms with Crippen LogP contribution in [-0.2, 0) is 6.42 Å². The van der Waals surface area contributed by atoms with E-state index in [0.29, 0.717) is 11.4 Å². The molecule has 1 heterocycles. The number of H-pyrrole nitrogens is 1. The van der Waals surface area contributed by atoms with E-state index in [9.17, 15) is 0 Å². The van der Waals surface area contributed by atoms with Gasteiger partial charge in [-0.2, -0.15) is 5.26 Å². The minimum atomic E-state index is 0.441. The summed E-state index contributed by atoms with van der Waals surface area (Å²) in [5.74, 6) is 0.441. The Morgan fingerprint density at radius 2 is 2.36 bits per heavy atom. The number of nitrogen functional groups attached to an aromatic ring is 1. The number of hydrogen-bond donors (Lipinski definition) is 2. The number of aromatic nitrogens is 1. The van der Waals surface area contributed by atoms with Gasteiger partial charge in [-0.15, -0.1) is 0 Å². The molecule has 0 aliphatic heterocycles. The number of nitrogens with one attached hydrogen (secondary N) is 1. The van der Waals surface area contributed by atoms with Gasteiger partial charge in [-0.3, -0.25) is 0 Å². The highest BCUT2D eigenvalue weighted by Gasteiger charge is 2.10. The second kappa shape index (κ2) is 2.97. The minimum absolute atomic E-state index is 0.441. The van der Waals surface area contributed by atoms with Crippen molar-refractivity contribution in [3.63, 3.8) is 0 Å². The fourth-order valence-corrected chi connectivity index (χ4v) is 1.68. The van der Waals surface area contributed by atoms with Gasteiger partial charge in [-0.05, 0) is 22.4 Å². The summed E-state index contributed by atoms with van der Waals surface area (Å²) in [6.45, 7) is 1.98. The number of halogens is 1. The average Bonchev–Trinajstić information content (AvgIpc) is 2.24. The topological polar surface area (TPSA) is 65.6 Å². The zero-order valence-electron chi connectivity index (χ0n) is 6.11. The Balaban J connectivity index is 3.31. The van der Waals surface area contributed by atoms with Crippen LogP contribution in [0, 0.1) is 11.3 Å². The smallest absolute Gasteiger partial charge is 0.120 e. The van der Waals surface area contributed by atoms with E-state index < -0.39 is 0 Å². The highest BCUT2D eigenvalue weighted by Crippen LogP contribution is 2.24. The summed E-state index contributed by atoms with van der Waals surface area (Å²) < 4.78 is 0.814. The molecule has 0 saturated carbocycles. The van der Waals surface area contributed by atoms with E-state index in [1.54, 1.807) is 0 Å². The fraction of sp³-hybridized carbons (Fsp3) is 0.286. The third-order valence-electron chi connectivity index (χ3n) is 1.55. The molecule has 1 rings (SSSR count). The monoisotopic (exact) mass is 213 g/mol. The number of aromatic amines is 1. The van der Waals surface area contributed by atoms with Gasteiger partial charge < -0.3 is 10.7 Å². The summed E-state index contributed by atoms with van der Waals surface area (Å²) in [7, 11) is 0. The lowest BCUT2D eigenvalue weighted by atomic mass is 10.1. The molecule has 3 nitrogen and oxygen atoms in total. The highest BCUT2D eigenvalue weighted by atomic mass is 79.9. The van der Waals surface area contributed by atoms with Crippen LogP contribution in [0.25, 0.3) is 0 Å². The first-order valence-electron chi connectivity index (χ1n) is 3.26. The number of nitrogens with zero attached hydrogens (tertiary/aromatic N) is 1. The number of nitrogens with two attached hydrogens (primary N) is 1. The SMILES string of the molecule is CCc1c(Br)[nH]c(N)c1C#N. The zero-order chi connectivity index (χ0) is 8.43. The third kappa shape index (κ3) is 1.24. The molecule has 0 bridgehead atoms. The lowest BCUT2D eigenvalue weighted by Gasteiger charge is -1.90. The Hall–Kier alpha value is -0.950. The van der Waals surface area contributed by atoms with E-state index in [2.05, 4.69) is 20.9 Å². The first-order valence-corrected chi connectivity index (χ1v) is 4.05. The molecule has 4 heteroatoms. The normalized spacial score (nSPS) is 9.55. The molecule has 0 radical (unpaired) electrons. The molecule has 11 heavy (non-hydrogen) atoms. The van der Waals surface area contributed by atoms with Crippen molar-refractivity contribution in [1.82, 2.24) is 4.98 Å². The molecule has 1 aromatic rings. The first-order chi connectivity index (χ1) is 5.20. The van der Waals surface area contributed by atoms with Gasteiger partial charge in [0.15, 0.2) is 0 Å². The molecular formula is C7H8BrN3. The molecule has 3 N–H and O–H groups in total. The molecule has 0 unspecified atom stereocenters. The Labute approximate surface area is 73.3 Å². The van der Waals surface area contributed by atoms with E-state index in [1.165, 1.54) is 0 Å². The lowest BCUT2D eigenvalue weighted by molar-refractivity contribution is 1.12. The van der Waals surface area contributed by atoms with E-state index in [1.807, 2.05) is 13.0 Å². The van der Waals surface area contributed by atoms with Gasteiger partial charge >= 0.3 is 0 Å². The summed E-state index contributed by atoms with van der Waals surface area (Å²) in [5.41, 5.74) is 7.02. The van der Waals surface area contributed by atoms with Gasteiger partial charge in [0.2, 0.25) is 0 Å². The second-order valence-electron chi connectivity index (χ2n) is 2.17. The average molecular weight is 214 g/mol. The van der Waals surface area contributed by atoms with Crippen LogP contribution in [0.5, 0.6) is 0 Å². The van der Waals surface area contributed by atoms with Crippen molar-refractivity contribution < 1.29 is 0 Å². The van der Waals surface area contributed by atoms with E-state index in [4.69, 9.17) is 11.0 Å². The zero-order valence-corrected chi connectivity index (χ0v) is 7.70. The van der Waals surface area contributed by atoms with Crippen LogP contribution in [0.3, 0.4) is 0 Å². The van der Waals surface area contributed by atoms with Crippen LogP contribution >= 0.6 is 15.9 Å². The fourth-order valence-electron chi connectivity index (χ4n) is 0.988. The molecule has 0 aliphatic rings. The molecule has 0 spiro atoms. The van der Waals surface area contributed by atoms with E-state index in [0.717, 1.165) is 16.6 Å². The Morgan fingerprint density at radius 1 is 1.73 bits per heavy atom. The van der Waals surface area contributed by atoms with Crippen molar-refractivity contribution in [3.8, 4) is 6.07 Å². The van der Waals surface area contributed by atoms with Gasteiger partial charge in [0, 0.05) is 5.56 Å². The molecule has 0 fully saturated rings. The summed E-state index contributed by atoms with van der Waals surface area (Å²) in [5, 5.41) is 8.67. The van der Waals surface area contributed by atoms with Crippen molar-refractivity contribution in [2.75, 3.05) is 5.73 Å². The number of nitriles is 1. The summed E-state index contributed by atoms with van der Waals surface area (Å²) in [6.07, 6.45) is 0.803. The molecule has 1 aromatic heterocycles. The predicted octanol–water partition coefficient (Wildman–Crippen LogP) is 1.79. The first kappa shape index (κ1) is 8.15. The molecular weight excluding hydrogens is 206 g/mol. The number of hydrogen-bond acceptors (Lipinski definition) is 2. The summed E-state index contributed by atoms with van der Waals surface area (Å²) in [6, 6.07) is 2.05. The van der Waals surface area contributed by atoms with E-state index >= 15 is 0 Å². The maximum absolute atomic E-state index is 8.67. The summed E-state index contributed by atoms with van der Waals surface area (Å²) >= 11 is 3.28. The quantitative estimate of drug-likeness (QED) is 0.748. The van der Waals surface area contributed by atoms with Crippen LogP contribution in [0.2, 0.25) is 0 Å². The van der Waals surface area contributed by atoms with Gasteiger partial charge in [-0.25, -0.2) is 0 Å². The second-order valence-corrected chi connectivity index (χ2v) is 2.96. The van der Waals surface area contributed by atoms with Crippen molar-refractivity contribution in [2.45, 2.75) is 13.3 Å². The Morgan fingerprint density at radius 3 is 2.73 bits per heavy atom. The molecule has 0 aliphatic carbocycles. The van der Waals surface area contributed by atoms with Crippen molar-refractivity contribution in [3.05, 3.63) is 15.7 Å². The third-order valence-corrected chi connectivity index (χ3v) is 2.22. The predicted molar refractivity (Wildman–Crippen MR) is 47.0 cm³/mol. The van der Waals surface area contributed by atoms with Crippen molar-refractivity contribution >= 4 is 21.7 Å². The minimum Gasteiger partial charge on any atom is -0.384 e. The van der Waals surface area contributed by atoms with Crippen LogP contribution in [0.1, 0.15) is 18.1 Å². The Bertz CT molecular complexity index is 308. The van der Waals surface area contributed by atoms with E-state index in [-0.39, 0.29) is 0 Å². The van der Waals surface area contributed by atoms with Crippen LogP contribution < -0.4 is 5.73 Å². The van der Waals surface area contributed by atoms with Crippen LogP contribution in [0.15, 0.2) is 4.60 Å². The Kier molecular flexibility index (Phi) is 2.20.